The summed E-state index contributed by atoms with van der Waals surface area (Å²) in [5.41, 5.74) is -3.33. The number of rotatable bonds is 1. The summed E-state index contributed by atoms with van der Waals surface area (Å²) >= 11 is 0. The molecule has 0 N–H and O–H groups in total. The maximum atomic E-state index is 13.9. The maximum absolute atomic E-state index is 13.9. The molecule has 140 valence electrons. The molecule has 1 fully saturated rings. The summed E-state index contributed by atoms with van der Waals surface area (Å²) in [7, 11) is -1.75. The van der Waals surface area contributed by atoms with E-state index in [9.17, 15) is 13.2 Å². The SMILES string of the molecule is CC(C)(C)c1ccc2cc(C3CCCCCC3)[s+](C(F)(F)F)c2c1.Cl. The lowest BCUT2D eigenvalue weighted by atomic mass is 9.87. The largest absolute Gasteiger partial charge is 0.600 e. The molecule has 1 heterocycles. The third kappa shape index (κ3) is 4.33. The van der Waals surface area contributed by atoms with Gasteiger partial charge in [-0.25, -0.2) is 0 Å². The molecule has 2 aromatic rings. The Kier molecular flexibility index (Phi) is 6.15. The highest BCUT2D eigenvalue weighted by Gasteiger charge is 2.49. The van der Waals surface area contributed by atoms with Crippen LogP contribution >= 0.6 is 22.9 Å². The van der Waals surface area contributed by atoms with E-state index in [0.29, 0.717) is 9.58 Å². The molecular weight excluding hydrogens is 365 g/mol. The smallest absolute Gasteiger partial charge is 0.147 e. The Morgan fingerprint density at radius 3 is 2.04 bits per heavy atom. The van der Waals surface area contributed by atoms with E-state index in [2.05, 4.69) is 20.8 Å². The standard InChI is InChI=1S/C20H26F3S.ClH/c1-19(2,3)16-11-10-15-12-17(14-8-6-4-5-7-9-14)24(18(15)13-16)20(21,22)23;/h10-14H,4-9H2,1-3H3;1H/q+1;. The monoisotopic (exact) mass is 391 g/mol. The Bertz CT molecular complexity index is 717. The molecule has 1 atom stereocenters. The van der Waals surface area contributed by atoms with Crippen molar-refractivity contribution < 1.29 is 13.2 Å². The number of hydrogen-bond donors (Lipinski definition) is 0. The lowest BCUT2D eigenvalue weighted by molar-refractivity contribution is -0.0868. The zero-order valence-corrected chi connectivity index (χ0v) is 16.7. The van der Waals surface area contributed by atoms with Gasteiger partial charge in [-0.3, -0.25) is 0 Å². The second-order valence-corrected chi connectivity index (χ2v) is 9.98. The van der Waals surface area contributed by atoms with Crippen molar-refractivity contribution in [3.63, 3.8) is 0 Å². The van der Waals surface area contributed by atoms with E-state index in [1.165, 1.54) is 0 Å². The summed E-state index contributed by atoms with van der Waals surface area (Å²) in [6.07, 6.45) is 6.24. The summed E-state index contributed by atoms with van der Waals surface area (Å²) in [6.45, 7) is 6.15. The molecule has 0 nitrogen and oxygen atoms in total. The molecule has 0 bridgehead atoms. The van der Waals surface area contributed by atoms with E-state index in [1.807, 2.05) is 24.3 Å². The first-order valence-electron chi connectivity index (χ1n) is 8.85. The van der Waals surface area contributed by atoms with Crippen LogP contribution in [0.25, 0.3) is 10.1 Å². The molecule has 25 heavy (non-hydrogen) atoms. The first-order valence-corrected chi connectivity index (χ1v) is 10.1. The predicted molar refractivity (Wildman–Crippen MR) is 104 cm³/mol. The normalized spacial score (nSPS) is 18.1. The minimum absolute atomic E-state index is 0. The van der Waals surface area contributed by atoms with Crippen molar-refractivity contribution >= 4 is 33.0 Å². The second-order valence-electron chi connectivity index (χ2n) is 7.99. The van der Waals surface area contributed by atoms with Crippen molar-refractivity contribution in [1.82, 2.24) is 0 Å². The minimum atomic E-state index is -4.18. The predicted octanol–water partition coefficient (Wildman–Crippen LogP) is 8.22. The highest BCUT2D eigenvalue weighted by molar-refractivity contribution is 7.38. The Balaban J connectivity index is 0.00000225. The van der Waals surface area contributed by atoms with Crippen LogP contribution in [0.2, 0.25) is 0 Å². The van der Waals surface area contributed by atoms with Crippen LogP contribution in [0.3, 0.4) is 0 Å². The molecule has 3 rings (SSSR count). The number of halogens is 4. The summed E-state index contributed by atoms with van der Waals surface area (Å²) in [5, 5.41) is 0.780. The molecule has 1 aromatic heterocycles. The molecule has 1 aliphatic carbocycles. The van der Waals surface area contributed by atoms with Gasteiger partial charge < -0.3 is 0 Å². The van der Waals surface area contributed by atoms with Crippen LogP contribution in [0.5, 0.6) is 0 Å². The van der Waals surface area contributed by atoms with Crippen LogP contribution in [-0.4, -0.2) is 0 Å². The Morgan fingerprint density at radius 1 is 0.920 bits per heavy atom. The van der Waals surface area contributed by atoms with E-state index in [0.717, 1.165) is 49.5 Å². The molecule has 0 radical (unpaired) electrons. The van der Waals surface area contributed by atoms with Gasteiger partial charge in [0.2, 0.25) is 0 Å². The minimum Gasteiger partial charge on any atom is -0.147 e. The summed E-state index contributed by atoms with van der Waals surface area (Å²) in [6, 6.07) is 7.55. The van der Waals surface area contributed by atoms with E-state index in [4.69, 9.17) is 0 Å². The van der Waals surface area contributed by atoms with Crippen LogP contribution in [0.15, 0.2) is 24.3 Å². The summed E-state index contributed by atoms with van der Waals surface area (Å²) in [5.74, 6) is 0.0999. The Morgan fingerprint density at radius 2 is 1.52 bits per heavy atom. The van der Waals surface area contributed by atoms with Gasteiger partial charge in [-0.15, -0.1) is 25.6 Å². The lowest BCUT2D eigenvalue weighted by Gasteiger charge is -2.18. The quantitative estimate of drug-likeness (QED) is 0.339. The van der Waals surface area contributed by atoms with Gasteiger partial charge in [-0.05, 0) is 29.9 Å². The van der Waals surface area contributed by atoms with Gasteiger partial charge in [0.25, 0.3) is 0 Å². The van der Waals surface area contributed by atoms with Gasteiger partial charge in [0.05, 0.1) is 10.5 Å². The van der Waals surface area contributed by atoms with E-state index in [1.54, 1.807) is 0 Å². The van der Waals surface area contributed by atoms with Crippen LogP contribution in [-0.2, 0) is 10.9 Å². The highest BCUT2D eigenvalue weighted by Crippen LogP contribution is 2.55. The fourth-order valence-corrected chi connectivity index (χ4v) is 5.93. The molecule has 0 saturated heterocycles. The van der Waals surface area contributed by atoms with Crippen molar-refractivity contribution in [2.45, 2.75) is 76.1 Å². The van der Waals surface area contributed by atoms with E-state index in [-0.39, 0.29) is 23.7 Å². The molecule has 1 unspecified atom stereocenters. The molecule has 1 aromatic carbocycles. The third-order valence-corrected chi connectivity index (χ3v) is 7.30. The second kappa shape index (κ2) is 7.48. The van der Waals surface area contributed by atoms with Crippen molar-refractivity contribution in [2.75, 3.05) is 0 Å². The zero-order chi connectivity index (χ0) is 17.5. The molecule has 0 spiro atoms. The van der Waals surface area contributed by atoms with Gasteiger partial charge in [-0.2, -0.15) is 0 Å². The van der Waals surface area contributed by atoms with Gasteiger partial charge in [0.1, 0.15) is 0 Å². The highest BCUT2D eigenvalue weighted by atomic mass is 35.5. The summed E-state index contributed by atoms with van der Waals surface area (Å²) in [4.78, 5) is 0.644. The van der Waals surface area contributed by atoms with Gasteiger partial charge in [-0.1, -0.05) is 52.5 Å². The molecule has 0 aliphatic heterocycles. The van der Waals surface area contributed by atoms with Crippen molar-refractivity contribution in [3.05, 3.63) is 34.7 Å². The number of thiophene rings is 1. The van der Waals surface area contributed by atoms with Crippen molar-refractivity contribution in [1.29, 1.82) is 0 Å². The molecule has 0 amide bonds. The third-order valence-electron chi connectivity index (χ3n) is 5.12. The van der Waals surface area contributed by atoms with Crippen LogP contribution in [0, 0.1) is 0 Å². The van der Waals surface area contributed by atoms with Crippen LogP contribution < -0.4 is 0 Å². The summed E-state index contributed by atoms with van der Waals surface area (Å²) < 4.78 is 42.3. The number of benzene rings is 1. The van der Waals surface area contributed by atoms with Crippen molar-refractivity contribution in [3.8, 4) is 0 Å². The van der Waals surface area contributed by atoms with Crippen LogP contribution in [0.4, 0.5) is 13.2 Å². The first-order chi connectivity index (χ1) is 11.2. The number of fused-ring (bicyclic) bond motifs is 1. The van der Waals surface area contributed by atoms with E-state index < -0.39 is 16.0 Å². The van der Waals surface area contributed by atoms with E-state index >= 15 is 0 Å². The average Bonchev–Trinajstić information content (AvgIpc) is 2.65. The molecule has 1 saturated carbocycles. The molecular formula is C20H27ClF3S+. The maximum Gasteiger partial charge on any atom is 0.600 e. The molecule has 5 heteroatoms. The fourth-order valence-electron chi connectivity index (χ4n) is 3.74. The van der Waals surface area contributed by atoms with Gasteiger partial charge >= 0.3 is 5.51 Å². The topological polar surface area (TPSA) is 0 Å². The van der Waals surface area contributed by atoms with Crippen LogP contribution in [0.1, 0.15) is 75.7 Å². The lowest BCUT2D eigenvalue weighted by Crippen LogP contribution is -2.10. The van der Waals surface area contributed by atoms with Gasteiger partial charge in [0.15, 0.2) is 9.58 Å². The number of alkyl halides is 3. The van der Waals surface area contributed by atoms with Gasteiger partial charge in [0, 0.05) is 23.4 Å². The van der Waals surface area contributed by atoms with Crippen molar-refractivity contribution in [2.24, 2.45) is 0 Å². The average molecular weight is 392 g/mol. The Hall–Kier alpha value is -0.740. The Labute approximate surface area is 157 Å². The molecule has 1 aliphatic rings. The zero-order valence-electron chi connectivity index (χ0n) is 15.1. The number of hydrogen-bond acceptors (Lipinski definition) is 0. The first kappa shape index (κ1) is 20.6. The fraction of sp³-hybridized carbons (Fsp3) is 0.600.